The van der Waals surface area contributed by atoms with Crippen molar-refractivity contribution in [2.24, 2.45) is 0 Å². The molecule has 1 heterocycles. The van der Waals surface area contributed by atoms with Gasteiger partial charge in [0.2, 0.25) is 12.7 Å². The summed E-state index contributed by atoms with van der Waals surface area (Å²) in [5.74, 6) is 1.55. The molecule has 1 saturated carbocycles. The van der Waals surface area contributed by atoms with Crippen molar-refractivity contribution in [1.29, 1.82) is 0 Å². The van der Waals surface area contributed by atoms with Crippen LogP contribution in [0.15, 0.2) is 18.2 Å². The van der Waals surface area contributed by atoms with E-state index in [0.717, 1.165) is 17.1 Å². The van der Waals surface area contributed by atoms with Gasteiger partial charge in [-0.2, -0.15) is 0 Å². The van der Waals surface area contributed by atoms with E-state index >= 15 is 0 Å². The summed E-state index contributed by atoms with van der Waals surface area (Å²) in [5.41, 5.74) is 1.06. The highest BCUT2D eigenvalue weighted by Gasteiger charge is 2.28. The van der Waals surface area contributed by atoms with Gasteiger partial charge in [-0.25, -0.2) is 0 Å². The molecule has 0 bridgehead atoms. The number of benzene rings is 1. The van der Waals surface area contributed by atoms with Gasteiger partial charge in [-0.05, 0) is 37.0 Å². The van der Waals surface area contributed by atoms with E-state index in [1.165, 1.54) is 0 Å². The van der Waals surface area contributed by atoms with Gasteiger partial charge < -0.3 is 19.9 Å². The maximum atomic E-state index is 11.7. The lowest BCUT2D eigenvalue weighted by Crippen LogP contribution is -2.46. The number of hydrogen-bond acceptors (Lipinski definition) is 4. The second kappa shape index (κ2) is 5.09. The molecule has 1 aromatic carbocycles. The van der Waals surface area contributed by atoms with Crippen LogP contribution in [0.5, 0.6) is 11.5 Å². The van der Waals surface area contributed by atoms with Crippen LogP contribution in [-0.2, 0) is 11.2 Å². The Morgan fingerprint density at radius 2 is 2.11 bits per heavy atom. The summed E-state index contributed by atoms with van der Waals surface area (Å²) in [4.78, 5) is 11.7. The Kier molecular flexibility index (Phi) is 3.29. The lowest BCUT2D eigenvalue weighted by Gasteiger charge is -2.31. The molecule has 1 aromatic rings. The summed E-state index contributed by atoms with van der Waals surface area (Å²) in [6.45, 7) is 0.267. The van der Waals surface area contributed by atoms with Crippen LogP contribution in [0.3, 0.4) is 0 Å². The molecular weight excluding hydrogens is 246 g/mol. The van der Waals surface area contributed by atoms with Gasteiger partial charge in [0, 0.05) is 12.5 Å². The average Bonchev–Trinajstić information content (AvgIpc) is 2.81. The Bertz CT molecular complexity index is 482. The number of amides is 1. The maximum Gasteiger partial charge on any atom is 0.231 e. The molecule has 1 aliphatic carbocycles. The number of ether oxygens (including phenoxy) is 2. The van der Waals surface area contributed by atoms with Crippen molar-refractivity contribution in [3.8, 4) is 11.5 Å². The molecule has 5 heteroatoms. The number of aliphatic hydroxyl groups excluding tert-OH is 1. The fourth-order valence-corrected chi connectivity index (χ4v) is 2.36. The third kappa shape index (κ3) is 2.81. The zero-order chi connectivity index (χ0) is 13.2. The van der Waals surface area contributed by atoms with Crippen molar-refractivity contribution in [2.45, 2.75) is 37.8 Å². The van der Waals surface area contributed by atoms with Gasteiger partial charge in [0.1, 0.15) is 0 Å². The van der Waals surface area contributed by atoms with Crippen molar-refractivity contribution >= 4 is 5.91 Å². The van der Waals surface area contributed by atoms with Crippen LogP contribution in [0, 0.1) is 0 Å². The van der Waals surface area contributed by atoms with Crippen molar-refractivity contribution in [3.63, 3.8) is 0 Å². The van der Waals surface area contributed by atoms with Crippen LogP contribution in [0.4, 0.5) is 0 Å². The number of rotatable bonds is 4. The van der Waals surface area contributed by atoms with Crippen LogP contribution < -0.4 is 14.8 Å². The molecule has 0 aromatic heterocycles. The third-order valence-electron chi connectivity index (χ3n) is 3.56. The first-order valence-corrected chi connectivity index (χ1v) is 6.56. The first kappa shape index (κ1) is 12.3. The van der Waals surface area contributed by atoms with Gasteiger partial charge in [-0.15, -0.1) is 0 Å². The normalized spacial score (nSPS) is 23.8. The van der Waals surface area contributed by atoms with E-state index in [1.54, 1.807) is 0 Å². The van der Waals surface area contributed by atoms with E-state index in [4.69, 9.17) is 14.6 Å². The van der Waals surface area contributed by atoms with E-state index in [-0.39, 0.29) is 24.8 Å². The van der Waals surface area contributed by atoms with Gasteiger partial charge in [-0.3, -0.25) is 4.79 Å². The molecule has 102 valence electrons. The van der Waals surface area contributed by atoms with Crippen LogP contribution in [0.2, 0.25) is 0 Å². The SMILES string of the molecule is O=C(CCc1ccc2c(c1)OCO2)NC1CC(O)C1. The minimum absolute atomic E-state index is 0.0366. The van der Waals surface area contributed by atoms with Gasteiger partial charge >= 0.3 is 0 Å². The Hall–Kier alpha value is -1.75. The number of carbonyl (C=O) groups excluding carboxylic acids is 1. The number of nitrogens with one attached hydrogen (secondary N) is 1. The summed E-state index contributed by atoms with van der Waals surface area (Å²) in [5, 5.41) is 12.1. The number of hydrogen-bond donors (Lipinski definition) is 2. The topological polar surface area (TPSA) is 67.8 Å². The summed E-state index contributed by atoms with van der Waals surface area (Å²) in [7, 11) is 0. The molecule has 0 saturated heterocycles. The molecule has 2 N–H and O–H groups in total. The average molecular weight is 263 g/mol. The molecule has 5 nitrogen and oxygen atoms in total. The summed E-state index contributed by atoms with van der Waals surface area (Å²) >= 11 is 0. The van der Waals surface area contributed by atoms with Crippen molar-refractivity contribution in [2.75, 3.05) is 6.79 Å². The Balaban J connectivity index is 1.48. The zero-order valence-corrected chi connectivity index (χ0v) is 10.6. The molecule has 1 fully saturated rings. The summed E-state index contributed by atoms with van der Waals surface area (Å²) < 4.78 is 10.5. The van der Waals surface area contributed by atoms with E-state index in [0.29, 0.717) is 25.7 Å². The van der Waals surface area contributed by atoms with Crippen molar-refractivity contribution in [1.82, 2.24) is 5.32 Å². The monoisotopic (exact) mass is 263 g/mol. The van der Waals surface area contributed by atoms with Crippen LogP contribution in [-0.4, -0.2) is 30.0 Å². The van der Waals surface area contributed by atoms with E-state index in [1.807, 2.05) is 18.2 Å². The smallest absolute Gasteiger partial charge is 0.231 e. The van der Waals surface area contributed by atoms with Crippen molar-refractivity contribution < 1.29 is 19.4 Å². The minimum atomic E-state index is -0.237. The molecule has 1 aliphatic heterocycles. The van der Waals surface area contributed by atoms with Gasteiger partial charge in [0.25, 0.3) is 0 Å². The first-order chi connectivity index (χ1) is 9.20. The molecule has 19 heavy (non-hydrogen) atoms. The highest BCUT2D eigenvalue weighted by Crippen LogP contribution is 2.32. The van der Waals surface area contributed by atoms with E-state index < -0.39 is 0 Å². The van der Waals surface area contributed by atoms with Gasteiger partial charge in [0.15, 0.2) is 11.5 Å². The highest BCUT2D eigenvalue weighted by molar-refractivity contribution is 5.76. The molecule has 1 amide bonds. The molecule has 0 radical (unpaired) electrons. The number of aryl methyl sites for hydroxylation is 1. The molecule has 0 atom stereocenters. The first-order valence-electron chi connectivity index (χ1n) is 6.56. The molecule has 0 spiro atoms. The lowest BCUT2D eigenvalue weighted by atomic mass is 9.89. The number of fused-ring (bicyclic) bond motifs is 1. The predicted molar refractivity (Wildman–Crippen MR) is 68.1 cm³/mol. The van der Waals surface area contributed by atoms with E-state index in [9.17, 15) is 4.79 Å². The second-order valence-corrected chi connectivity index (χ2v) is 5.08. The third-order valence-corrected chi connectivity index (χ3v) is 3.56. The summed E-state index contributed by atoms with van der Waals surface area (Å²) in [6.07, 6.45) is 2.24. The fourth-order valence-electron chi connectivity index (χ4n) is 2.36. The highest BCUT2D eigenvalue weighted by atomic mass is 16.7. The molecule has 2 aliphatic rings. The number of carbonyl (C=O) groups is 1. The van der Waals surface area contributed by atoms with Crippen LogP contribution in [0.1, 0.15) is 24.8 Å². The molecular formula is C14H17NO4. The number of aliphatic hydroxyl groups is 1. The van der Waals surface area contributed by atoms with E-state index in [2.05, 4.69) is 5.32 Å². The van der Waals surface area contributed by atoms with Crippen LogP contribution in [0.25, 0.3) is 0 Å². The Labute approximate surface area is 111 Å². The zero-order valence-electron chi connectivity index (χ0n) is 10.6. The van der Waals surface area contributed by atoms with Gasteiger partial charge in [-0.1, -0.05) is 6.07 Å². The van der Waals surface area contributed by atoms with Gasteiger partial charge in [0.05, 0.1) is 6.10 Å². The quantitative estimate of drug-likeness (QED) is 0.850. The van der Waals surface area contributed by atoms with Crippen molar-refractivity contribution in [3.05, 3.63) is 23.8 Å². The fraction of sp³-hybridized carbons (Fsp3) is 0.500. The maximum absolute atomic E-state index is 11.7. The summed E-state index contributed by atoms with van der Waals surface area (Å²) in [6, 6.07) is 5.90. The largest absolute Gasteiger partial charge is 0.454 e. The standard InChI is InChI=1S/C14H17NO4/c16-11-6-10(7-11)15-14(17)4-2-9-1-3-12-13(5-9)19-8-18-12/h1,3,5,10-11,16H,2,4,6-8H2,(H,15,17). The second-order valence-electron chi connectivity index (χ2n) is 5.08. The minimum Gasteiger partial charge on any atom is -0.454 e. The lowest BCUT2D eigenvalue weighted by molar-refractivity contribution is -0.123. The Morgan fingerprint density at radius 3 is 2.89 bits per heavy atom. The van der Waals surface area contributed by atoms with Crippen LogP contribution >= 0.6 is 0 Å². The predicted octanol–water partition coefficient (Wildman–Crippen LogP) is 0.987. The molecule has 0 unspecified atom stereocenters. The Morgan fingerprint density at radius 1 is 1.32 bits per heavy atom. The molecule has 3 rings (SSSR count).